The standard InChI is InChI=1S/C14H16O3/c1-3-13(15)16-10-14(11(2)9-17-14)12-7-5-4-6-8-12/h3-8,11H,1,9-10H2,2H3. The molecule has 0 radical (unpaired) electrons. The lowest BCUT2D eigenvalue weighted by Crippen LogP contribution is -2.53. The van der Waals surface area contributed by atoms with Crippen LogP contribution >= 0.6 is 0 Å². The molecule has 90 valence electrons. The second kappa shape index (κ2) is 4.72. The smallest absolute Gasteiger partial charge is 0.330 e. The third-order valence-corrected chi connectivity index (χ3v) is 3.24. The van der Waals surface area contributed by atoms with Gasteiger partial charge in [-0.25, -0.2) is 4.79 Å². The van der Waals surface area contributed by atoms with Crippen molar-refractivity contribution in [2.75, 3.05) is 13.2 Å². The molecule has 1 aliphatic heterocycles. The summed E-state index contributed by atoms with van der Waals surface area (Å²) in [6.45, 7) is 6.41. The molecule has 1 aromatic carbocycles. The molecular weight excluding hydrogens is 216 g/mol. The second-order valence-corrected chi connectivity index (χ2v) is 4.28. The van der Waals surface area contributed by atoms with Crippen molar-refractivity contribution in [2.24, 2.45) is 5.92 Å². The first kappa shape index (κ1) is 11.9. The molecular formula is C14H16O3. The number of esters is 1. The van der Waals surface area contributed by atoms with Crippen LogP contribution < -0.4 is 0 Å². The highest BCUT2D eigenvalue weighted by Gasteiger charge is 2.48. The van der Waals surface area contributed by atoms with Crippen molar-refractivity contribution in [1.29, 1.82) is 0 Å². The molecule has 1 saturated heterocycles. The van der Waals surface area contributed by atoms with Gasteiger partial charge in [0.1, 0.15) is 12.2 Å². The summed E-state index contributed by atoms with van der Waals surface area (Å²) in [6.07, 6.45) is 1.17. The molecule has 1 aromatic rings. The van der Waals surface area contributed by atoms with Crippen LogP contribution in [0.5, 0.6) is 0 Å². The second-order valence-electron chi connectivity index (χ2n) is 4.28. The Balaban J connectivity index is 2.16. The molecule has 0 bridgehead atoms. The summed E-state index contributed by atoms with van der Waals surface area (Å²) < 4.78 is 10.8. The van der Waals surface area contributed by atoms with Crippen molar-refractivity contribution in [3.05, 3.63) is 48.6 Å². The Morgan fingerprint density at radius 1 is 1.59 bits per heavy atom. The molecule has 17 heavy (non-hydrogen) atoms. The minimum absolute atomic E-state index is 0.239. The molecule has 0 aromatic heterocycles. The van der Waals surface area contributed by atoms with E-state index in [4.69, 9.17) is 9.47 Å². The van der Waals surface area contributed by atoms with Gasteiger partial charge in [0.15, 0.2) is 0 Å². The lowest BCUT2D eigenvalue weighted by atomic mass is 9.78. The van der Waals surface area contributed by atoms with Crippen LogP contribution in [0, 0.1) is 5.92 Å². The largest absolute Gasteiger partial charge is 0.459 e. The Morgan fingerprint density at radius 3 is 2.76 bits per heavy atom. The first-order valence-corrected chi connectivity index (χ1v) is 5.68. The number of benzene rings is 1. The Bertz CT molecular complexity index is 413. The van der Waals surface area contributed by atoms with E-state index in [1.54, 1.807) is 0 Å². The summed E-state index contributed by atoms with van der Waals surface area (Å²) in [5.41, 5.74) is 0.565. The van der Waals surface area contributed by atoms with Crippen LogP contribution in [0.25, 0.3) is 0 Å². The summed E-state index contributed by atoms with van der Waals surface area (Å²) in [7, 11) is 0. The lowest BCUT2D eigenvalue weighted by Gasteiger charge is -2.47. The molecule has 3 heteroatoms. The van der Waals surface area contributed by atoms with Gasteiger partial charge < -0.3 is 9.47 Å². The number of rotatable bonds is 4. The summed E-state index contributed by atoms with van der Waals surface area (Å²) in [5, 5.41) is 0. The molecule has 2 rings (SSSR count). The molecule has 1 heterocycles. The fourth-order valence-electron chi connectivity index (χ4n) is 2.04. The Labute approximate surface area is 101 Å². The minimum Gasteiger partial charge on any atom is -0.459 e. The van der Waals surface area contributed by atoms with Gasteiger partial charge in [0.2, 0.25) is 0 Å². The zero-order valence-electron chi connectivity index (χ0n) is 9.89. The normalized spacial score (nSPS) is 27.0. The first-order valence-electron chi connectivity index (χ1n) is 5.68. The van der Waals surface area contributed by atoms with Crippen LogP contribution in [0.2, 0.25) is 0 Å². The van der Waals surface area contributed by atoms with Crippen molar-refractivity contribution in [2.45, 2.75) is 12.5 Å². The molecule has 0 N–H and O–H groups in total. The van der Waals surface area contributed by atoms with Crippen LogP contribution in [0.15, 0.2) is 43.0 Å². The quantitative estimate of drug-likeness (QED) is 0.590. The van der Waals surface area contributed by atoms with Crippen LogP contribution in [-0.4, -0.2) is 19.2 Å². The third kappa shape index (κ3) is 2.11. The molecule has 0 spiro atoms. The average Bonchev–Trinajstić information content (AvgIpc) is 2.38. The van der Waals surface area contributed by atoms with Gasteiger partial charge in [-0.1, -0.05) is 43.8 Å². The van der Waals surface area contributed by atoms with E-state index in [0.717, 1.165) is 5.56 Å². The van der Waals surface area contributed by atoms with E-state index in [1.807, 2.05) is 30.3 Å². The van der Waals surface area contributed by atoms with Gasteiger partial charge in [-0.05, 0) is 5.56 Å². The molecule has 1 fully saturated rings. The number of ether oxygens (including phenoxy) is 2. The third-order valence-electron chi connectivity index (χ3n) is 3.24. The van der Waals surface area contributed by atoms with Crippen LogP contribution in [0.4, 0.5) is 0 Å². The molecule has 2 unspecified atom stereocenters. The summed E-state index contributed by atoms with van der Waals surface area (Å²) in [5.74, 6) is -0.0782. The minimum atomic E-state index is -0.486. The summed E-state index contributed by atoms with van der Waals surface area (Å²) >= 11 is 0. The zero-order chi connectivity index (χ0) is 12.3. The van der Waals surface area contributed by atoms with Gasteiger partial charge in [0.05, 0.1) is 6.61 Å². The van der Waals surface area contributed by atoms with E-state index in [9.17, 15) is 4.79 Å². The highest BCUT2D eigenvalue weighted by Crippen LogP contribution is 2.42. The number of carbonyl (C=O) groups excluding carboxylic acids is 1. The van der Waals surface area contributed by atoms with Crippen LogP contribution in [-0.2, 0) is 19.9 Å². The molecule has 0 aliphatic carbocycles. The number of hydrogen-bond donors (Lipinski definition) is 0. The topological polar surface area (TPSA) is 35.5 Å². The van der Waals surface area contributed by atoms with E-state index in [2.05, 4.69) is 13.5 Å². The van der Waals surface area contributed by atoms with Gasteiger partial charge >= 0.3 is 5.97 Å². The Morgan fingerprint density at radius 2 is 2.29 bits per heavy atom. The molecule has 0 saturated carbocycles. The van der Waals surface area contributed by atoms with Gasteiger partial charge in [-0.15, -0.1) is 0 Å². The monoisotopic (exact) mass is 232 g/mol. The highest BCUT2D eigenvalue weighted by atomic mass is 16.6. The van der Waals surface area contributed by atoms with Gasteiger partial charge in [-0.3, -0.25) is 0 Å². The van der Waals surface area contributed by atoms with E-state index in [1.165, 1.54) is 6.08 Å². The van der Waals surface area contributed by atoms with Gasteiger partial charge in [0.25, 0.3) is 0 Å². The molecule has 3 nitrogen and oxygen atoms in total. The first-order chi connectivity index (χ1) is 8.19. The maximum atomic E-state index is 11.1. The fourth-order valence-corrected chi connectivity index (χ4v) is 2.04. The predicted octanol–water partition coefficient (Wildman–Crippen LogP) is 2.28. The fraction of sp³-hybridized carbons (Fsp3) is 0.357. The summed E-state index contributed by atoms with van der Waals surface area (Å²) in [6, 6.07) is 9.87. The van der Waals surface area contributed by atoms with E-state index >= 15 is 0 Å². The maximum absolute atomic E-state index is 11.1. The van der Waals surface area contributed by atoms with Gasteiger partial charge in [-0.2, -0.15) is 0 Å². The molecule has 1 aliphatic rings. The van der Waals surface area contributed by atoms with E-state index < -0.39 is 11.6 Å². The SMILES string of the molecule is C=CC(=O)OCC1(c2ccccc2)OCC1C. The average molecular weight is 232 g/mol. The van der Waals surface area contributed by atoms with Crippen LogP contribution in [0.3, 0.4) is 0 Å². The zero-order valence-corrected chi connectivity index (χ0v) is 9.89. The van der Waals surface area contributed by atoms with Gasteiger partial charge in [0, 0.05) is 12.0 Å². The van der Waals surface area contributed by atoms with Crippen molar-refractivity contribution in [3.8, 4) is 0 Å². The van der Waals surface area contributed by atoms with E-state index in [-0.39, 0.29) is 6.61 Å². The number of carbonyl (C=O) groups is 1. The van der Waals surface area contributed by atoms with Crippen LogP contribution in [0.1, 0.15) is 12.5 Å². The Kier molecular flexibility index (Phi) is 3.29. The van der Waals surface area contributed by atoms with Crippen molar-refractivity contribution < 1.29 is 14.3 Å². The predicted molar refractivity (Wildman–Crippen MR) is 64.4 cm³/mol. The van der Waals surface area contributed by atoms with Crippen molar-refractivity contribution in [3.63, 3.8) is 0 Å². The number of hydrogen-bond acceptors (Lipinski definition) is 3. The van der Waals surface area contributed by atoms with Crippen molar-refractivity contribution in [1.82, 2.24) is 0 Å². The molecule has 0 amide bonds. The summed E-state index contributed by atoms with van der Waals surface area (Å²) in [4.78, 5) is 11.1. The highest BCUT2D eigenvalue weighted by molar-refractivity contribution is 5.81. The lowest BCUT2D eigenvalue weighted by molar-refractivity contribution is -0.230. The maximum Gasteiger partial charge on any atom is 0.330 e. The van der Waals surface area contributed by atoms with E-state index in [0.29, 0.717) is 12.5 Å². The Hall–Kier alpha value is -1.61. The molecule has 2 atom stereocenters. The van der Waals surface area contributed by atoms with Crippen molar-refractivity contribution >= 4 is 5.97 Å².